The maximum Gasteiger partial charge on any atom is 0.328 e. The zero-order valence-corrected chi connectivity index (χ0v) is 13.3. The highest BCUT2D eigenvalue weighted by Gasteiger charge is 2.34. The van der Waals surface area contributed by atoms with E-state index in [1.807, 2.05) is 50.2 Å². The fraction of sp³-hybridized carbons (Fsp3) is 0.562. The molecule has 0 aliphatic carbocycles. The van der Waals surface area contributed by atoms with E-state index in [0.29, 0.717) is 13.2 Å². The number of hydrogen-bond donors (Lipinski definition) is 2. The smallest absolute Gasteiger partial charge is 0.328 e. The van der Waals surface area contributed by atoms with Crippen LogP contribution in [0.5, 0.6) is 5.75 Å². The molecular formula is C16H26N2O3. The van der Waals surface area contributed by atoms with E-state index in [1.54, 1.807) is 6.92 Å². The van der Waals surface area contributed by atoms with Crippen LogP contribution in [0.4, 0.5) is 0 Å². The molecule has 5 nitrogen and oxygen atoms in total. The molecule has 0 aliphatic heterocycles. The molecule has 1 unspecified atom stereocenters. The summed E-state index contributed by atoms with van der Waals surface area (Å²) in [5.41, 5.74) is -0.378. The number of carboxylic acids is 1. The van der Waals surface area contributed by atoms with Gasteiger partial charge in [-0.15, -0.1) is 0 Å². The summed E-state index contributed by atoms with van der Waals surface area (Å²) < 4.78 is 5.52. The Hall–Kier alpha value is -1.59. The van der Waals surface area contributed by atoms with Crippen molar-refractivity contribution >= 4 is 5.97 Å². The quantitative estimate of drug-likeness (QED) is 0.728. The van der Waals surface area contributed by atoms with Crippen LogP contribution in [0.2, 0.25) is 0 Å². The van der Waals surface area contributed by atoms with Gasteiger partial charge in [-0.1, -0.05) is 19.1 Å². The van der Waals surface area contributed by atoms with E-state index in [9.17, 15) is 9.90 Å². The minimum Gasteiger partial charge on any atom is -0.494 e. The maximum atomic E-state index is 11.6. The molecule has 1 aromatic carbocycles. The van der Waals surface area contributed by atoms with Gasteiger partial charge in [0.25, 0.3) is 0 Å². The Labute approximate surface area is 126 Å². The zero-order chi connectivity index (χ0) is 15.9. The van der Waals surface area contributed by atoms with Crippen molar-refractivity contribution in [3.63, 3.8) is 0 Å². The molecule has 1 atom stereocenters. The minimum atomic E-state index is -1.10. The van der Waals surface area contributed by atoms with Crippen LogP contribution in [-0.2, 0) is 10.3 Å². The van der Waals surface area contributed by atoms with Crippen molar-refractivity contribution in [3.8, 4) is 5.75 Å². The van der Waals surface area contributed by atoms with Crippen LogP contribution >= 0.6 is 0 Å². The predicted molar refractivity (Wildman–Crippen MR) is 83.8 cm³/mol. The first-order chi connectivity index (χ1) is 9.90. The molecule has 0 radical (unpaired) electrons. The summed E-state index contributed by atoms with van der Waals surface area (Å²) in [5, 5.41) is 12.7. The first-order valence-corrected chi connectivity index (χ1v) is 7.26. The Morgan fingerprint density at radius 3 is 2.43 bits per heavy atom. The lowest BCUT2D eigenvalue weighted by Gasteiger charge is -2.28. The van der Waals surface area contributed by atoms with Crippen molar-refractivity contribution in [3.05, 3.63) is 29.8 Å². The molecule has 0 spiro atoms. The van der Waals surface area contributed by atoms with Crippen LogP contribution in [0.3, 0.4) is 0 Å². The highest BCUT2D eigenvalue weighted by molar-refractivity contribution is 5.80. The van der Waals surface area contributed by atoms with Gasteiger partial charge in [0.2, 0.25) is 0 Å². The molecule has 0 fully saturated rings. The van der Waals surface area contributed by atoms with Crippen molar-refractivity contribution in [2.75, 3.05) is 33.8 Å². The van der Waals surface area contributed by atoms with Crippen LogP contribution in [0, 0.1) is 0 Å². The van der Waals surface area contributed by atoms with Gasteiger partial charge in [0, 0.05) is 13.1 Å². The largest absolute Gasteiger partial charge is 0.494 e. The summed E-state index contributed by atoms with van der Waals surface area (Å²) in [5.74, 6) is -0.120. The first kappa shape index (κ1) is 17.5. The number of benzene rings is 1. The van der Waals surface area contributed by atoms with E-state index in [-0.39, 0.29) is 0 Å². The molecule has 0 bridgehead atoms. The molecular weight excluding hydrogens is 268 g/mol. The summed E-state index contributed by atoms with van der Waals surface area (Å²) in [6, 6.07) is 7.25. The zero-order valence-electron chi connectivity index (χ0n) is 13.3. The topological polar surface area (TPSA) is 61.8 Å². The van der Waals surface area contributed by atoms with Crippen LogP contribution in [-0.4, -0.2) is 49.8 Å². The van der Waals surface area contributed by atoms with Crippen LogP contribution in [0.1, 0.15) is 25.8 Å². The predicted octanol–water partition coefficient (Wildman–Crippen LogP) is 1.93. The average molecular weight is 294 g/mol. The van der Waals surface area contributed by atoms with Crippen molar-refractivity contribution in [1.82, 2.24) is 10.2 Å². The molecule has 118 valence electrons. The van der Waals surface area contributed by atoms with E-state index in [2.05, 4.69) is 5.32 Å². The molecule has 2 N–H and O–H groups in total. The molecule has 0 aromatic heterocycles. The lowest BCUT2D eigenvalue weighted by atomic mass is 9.92. The number of aliphatic carboxylic acids is 1. The summed E-state index contributed by atoms with van der Waals surface area (Å²) >= 11 is 0. The maximum absolute atomic E-state index is 11.6. The van der Waals surface area contributed by atoms with Gasteiger partial charge in [-0.05, 0) is 45.1 Å². The standard InChI is InChI=1S/C16H26N2O3/c1-5-12-21-14-8-6-13(7-9-14)16(2,15(19)20)17-10-11-18(3)4/h6-9,17H,5,10-12H2,1-4H3,(H,19,20). The van der Waals surface area contributed by atoms with Gasteiger partial charge >= 0.3 is 5.97 Å². The summed E-state index contributed by atoms with van der Waals surface area (Å²) in [6.07, 6.45) is 0.945. The third-order valence-electron chi connectivity index (χ3n) is 3.37. The van der Waals surface area contributed by atoms with E-state index >= 15 is 0 Å². The van der Waals surface area contributed by atoms with Gasteiger partial charge in [-0.2, -0.15) is 0 Å². The van der Waals surface area contributed by atoms with Gasteiger partial charge in [-0.3, -0.25) is 5.32 Å². The van der Waals surface area contributed by atoms with Gasteiger partial charge in [0.05, 0.1) is 6.61 Å². The molecule has 1 aromatic rings. The van der Waals surface area contributed by atoms with Gasteiger partial charge in [0.1, 0.15) is 11.3 Å². The number of nitrogens with zero attached hydrogens (tertiary/aromatic N) is 1. The molecule has 21 heavy (non-hydrogen) atoms. The highest BCUT2D eigenvalue weighted by atomic mass is 16.5. The van der Waals surface area contributed by atoms with Crippen molar-refractivity contribution in [2.45, 2.75) is 25.8 Å². The molecule has 0 saturated carbocycles. The highest BCUT2D eigenvalue weighted by Crippen LogP contribution is 2.23. The Morgan fingerprint density at radius 1 is 1.33 bits per heavy atom. The first-order valence-electron chi connectivity index (χ1n) is 7.26. The summed E-state index contributed by atoms with van der Waals surface area (Å²) in [7, 11) is 3.92. The number of carbonyl (C=O) groups is 1. The molecule has 5 heteroatoms. The molecule has 0 amide bonds. The Balaban J connectivity index is 2.81. The summed E-state index contributed by atoms with van der Waals surface area (Å²) in [6.45, 7) is 5.78. The number of hydrogen-bond acceptors (Lipinski definition) is 4. The van der Waals surface area contributed by atoms with E-state index in [1.165, 1.54) is 0 Å². The van der Waals surface area contributed by atoms with Gasteiger partial charge in [0.15, 0.2) is 0 Å². The van der Waals surface area contributed by atoms with E-state index in [4.69, 9.17) is 4.74 Å². The lowest BCUT2D eigenvalue weighted by molar-refractivity contribution is -0.144. The lowest BCUT2D eigenvalue weighted by Crippen LogP contribution is -2.48. The second-order valence-corrected chi connectivity index (χ2v) is 5.53. The second kappa shape index (κ2) is 8.00. The molecule has 0 aliphatic rings. The van der Waals surface area contributed by atoms with Crippen LogP contribution in [0.25, 0.3) is 0 Å². The molecule has 0 heterocycles. The fourth-order valence-electron chi connectivity index (χ4n) is 1.94. The third-order valence-corrected chi connectivity index (χ3v) is 3.37. The SMILES string of the molecule is CCCOc1ccc(C(C)(NCCN(C)C)C(=O)O)cc1. The number of nitrogens with one attached hydrogen (secondary N) is 1. The van der Waals surface area contributed by atoms with Crippen molar-refractivity contribution in [2.24, 2.45) is 0 Å². The Bertz CT molecular complexity index is 445. The number of carboxylic acid groups (broad SMARTS) is 1. The van der Waals surface area contributed by atoms with Crippen LogP contribution in [0.15, 0.2) is 24.3 Å². The average Bonchev–Trinajstić information content (AvgIpc) is 2.44. The number of rotatable bonds is 9. The second-order valence-electron chi connectivity index (χ2n) is 5.53. The van der Waals surface area contributed by atoms with Crippen molar-refractivity contribution in [1.29, 1.82) is 0 Å². The molecule has 1 rings (SSSR count). The normalized spacial score (nSPS) is 14.0. The minimum absolute atomic E-state index is 0.601. The monoisotopic (exact) mass is 294 g/mol. The third kappa shape index (κ3) is 5.02. The summed E-state index contributed by atoms with van der Waals surface area (Å²) in [4.78, 5) is 13.7. The van der Waals surface area contributed by atoms with E-state index < -0.39 is 11.5 Å². The van der Waals surface area contributed by atoms with Gasteiger partial charge < -0.3 is 14.7 Å². The van der Waals surface area contributed by atoms with Gasteiger partial charge in [-0.25, -0.2) is 4.79 Å². The van der Waals surface area contributed by atoms with Crippen molar-refractivity contribution < 1.29 is 14.6 Å². The number of likely N-dealkylation sites (N-methyl/N-ethyl adjacent to an activating group) is 1. The molecule has 0 saturated heterocycles. The fourth-order valence-corrected chi connectivity index (χ4v) is 1.94. The van der Waals surface area contributed by atoms with Crippen LogP contribution < -0.4 is 10.1 Å². The van der Waals surface area contributed by atoms with E-state index in [0.717, 1.165) is 24.3 Å². The Kier molecular flexibility index (Phi) is 6.65. The number of ether oxygens (including phenoxy) is 1. The Morgan fingerprint density at radius 2 is 1.95 bits per heavy atom.